The van der Waals surface area contributed by atoms with Crippen LogP contribution in [0, 0.1) is 6.92 Å². The summed E-state index contributed by atoms with van der Waals surface area (Å²) in [4.78, 5) is 16.9. The average molecular weight is 510 g/mol. The normalized spacial score (nSPS) is 10.8. The van der Waals surface area contributed by atoms with Gasteiger partial charge in [-0.1, -0.05) is 28.9 Å². The second-order valence-electron chi connectivity index (χ2n) is 7.28. The van der Waals surface area contributed by atoms with Gasteiger partial charge in [0.05, 0.1) is 5.56 Å². The van der Waals surface area contributed by atoms with Crippen LogP contribution in [-0.2, 0) is 6.42 Å². The molecule has 32 heavy (non-hydrogen) atoms. The highest BCUT2D eigenvalue weighted by atomic mass is 79.9. The molecular weight excluding hydrogens is 490 g/mol. The van der Waals surface area contributed by atoms with Crippen LogP contribution in [0.2, 0.25) is 0 Å². The number of benzene rings is 3. The number of carbonyl (C=O) groups is 1. The number of aromatic hydroxyl groups is 1. The number of phenols is 1. The maximum Gasteiger partial charge on any atom is 0.257 e. The summed E-state index contributed by atoms with van der Waals surface area (Å²) >= 11 is 8.64. The Morgan fingerprint density at radius 1 is 1.16 bits per heavy atom. The van der Waals surface area contributed by atoms with Crippen molar-refractivity contribution in [3.8, 4) is 17.2 Å². The lowest BCUT2D eigenvalue weighted by atomic mass is 10.1. The van der Waals surface area contributed by atoms with Crippen molar-refractivity contribution in [3.05, 3.63) is 75.8 Å². The van der Waals surface area contributed by atoms with Crippen molar-refractivity contribution in [1.82, 2.24) is 10.3 Å². The van der Waals surface area contributed by atoms with Crippen molar-refractivity contribution in [2.24, 2.45) is 0 Å². The molecule has 0 aliphatic rings. The number of amides is 1. The molecule has 4 rings (SSSR count). The first kappa shape index (κ1) is 22.0. The Morgan fingerprint density at radius 2 is 1.91 bits per heavy atom. The molecule has 0 radical (unpaired) electrons. The lowest BCUT2D eigenvalue weighted by molar-refractivity contribution is 0.0977. The van der Waals surface area contributed by atoms with Crippen LogP contribution in [0.1, 0.15) is 28.4 Å². The number of hydrogen-bond donors (Lipinski definition) is 3. The number of carbonyl (C=O) groups excluding carboxylic acids is 1. The highest BCUT2D eigenvalue weighted by Crippen LogP contribution is 2.36. The molecule has 0 unspecified atom stereocenters. The first-order chi connectivity index (χ1) is 15.3. The van der Waals surface area contributed by atoms with Crippen molar-refractivity contribution in [3.63, 3.8) is 0 Å². The van der Waals surface area contributed by atoms with E-state index in [1.54, 1.807) is 43.3 Å². The molecule has 1 amide bonds. The number of phenolic OH excluding ortho intramolecular Hbond substituents is 1. The fraction of sp³-hybridized carbons (Fsp3) is 0.125. The Labute approximate surface area is 198 Å². The van der Waals surface area contributed by atoms with Crippen LogP contribution in [0.4, 0.5) is 5.69 Å². The molecular formula is C24H20BrN3O3S. The SMILES string of the molecule is CCc1ccc2oc(-c3cc(NC(=S)NC(=O)c4ccc(Br)cc4)cc(C)c3O)nc2c1. The zero-order chi connectivity index (χ0) is 22.8. The van der Waals surface area contributed by atoms with Crippen LogP contribution >= 0.6 is 28.1 Å². The molecule has 0 bridgehead atoms. The van der Waals surface area contributed by atoms with Crippen molar-refractivity contribution in [1.29, 1.82) is 0 Å². The van der Waals surface area contributed by atoms with Gasteiger partial charge in [0.25, 0.3) is 5.91 Å². The van der Waals surface area contributed by atoms with Crippen molar-refractivity contribution in [2.45, 2.75) is 20.3 Å². The highest BCUT2D eigenvalue weighted by Gasteiger charge is 2.17. The van der Waals surface area contributed by atoms with Gasteiger partial charge in [-0.15, -0.1) is 0 Å². The maximum atomic E-state index is 12.4. The minimum absolute atomic E-state index is 0.0719. The van der Waals surface area contributed by atoms with Crippen LogP contribution in [0.5, 0.6) is 5.75 Å². The fourth-order valence-electron chi connectivity index (χ4n) is 3.26. The van der Waals surface area contributed by atoms with Gasteiger partial charge in [0, 0.05) is 15.7 Å². The van der Waals surface area contributed by atoms with Gasteiger partial charge in [0.1, 0.15) is 11.3 Å². The van der Waals surface area contributed by atoms with Gasteiger partial charge < -0.3 is 14.8 Å². The fourth-order valence-corrected chi connectivity index (χ4v) is 3.74. The van der Waals surface area contributed by atoms with Crippen LogP contribution in [0.25, 0.3) is 22.6 Å². The number of nitrogens with zero attached hydrogens (tertiary/aromatic N) is 1. The number of anilines is 1. The standard InChI is InChI=1S/C24H20BrN3O3S/c1-3-14-4-9-20-19(11-14)27-23(31-20)18-12-17(10-13(2)21(18)29)26-24(32)28-22(30)15-5-7-16(25)8-6-15/h4-12,29H,3H2,1-2H3,(H2,26,28,30,32). The number of oxazole rings is 1. The lowest BCUT2D eigenvalue weighted by Gasteiger charge is -2.12. The number of nitrogens with one attached hydrogen (secondary N) is 2. The molecule has 0 fully saturated rings. The summed E-state index contributed by atoms with van der Waals surface area (Å²) in [6.45, 7) is 3.84. The Hall–Kier alpha value is -3.23. The van der Waals surface area contributed by atoms with E-state index in [1.165, 1.54) is 0 Å². The van der Waals surface area contributed by atoms with E-state index in [1.807, 2.05) is 18.2 Å². The number of fused-ring (bicyclic) bond motifs is 1. The minimum Gasteiger partial charge on any atom is -0.507 e. The number of halogens is 1. The maximum absolute atomic E-state index is 12.4. The predicted octanol–water partition coefficient (Wildman–Crippen LogP) is 5.96. The summed E-state index contributed by atoms with van der Waals surface area (Å²) in [5, 5.41) is 16.4. The molecule has 0 aliphatic carbocycles. The monoisotopic (exact) mass is 509 g/mol. The van der Waals surface area contributed by atoms with Crippen molar-refractivity contribution >= 4 is 56.0 Å². The number of aromatic nitrogens is 1. The first-order valence-corrected chi connectivity index (χ1v) is 11.2. The molecule has 162 valence electrons. The third-order valence-corrected chi connectivity index (χ3v) is 5.72. The number of rotatable bonds is 4. The topological polar surface area (TPSA) is 87.4 Å². The molecule has 4 aromatic rings. The molecule has 0 spiro atoms. The smallest absolute Gasteiger partial charge is 0.257 e. The van der Waals surface area contributed by atoms with Gasteiger partial charge in [-0.2, -0.15) is 0 Å². The summed E-state index contributed by atoms with van der Waals surface area (Å²) < 4.78 is 6.76. The molecule has 0 saturated carbocycles. The van der Waals surface area contributed by atoms with E-state index in [0.29, 0.717) is 33.9 Å². The van der Waals surface area contributed by atoms with Crippen LogP contribution in [0.15, 0.2) is 63.5 Å². The third kappa shape index (κ3) is 4.66. The van der Waals surface area contributed by atoms with Gasteiger partial charge in [-0.3, -0.25) is 10.1 Å². The summed E-state index contributed by atoms with van der Waals surface area (Å²) in [7, 11) is 0. The van der Waals surface area contributed by atoms with Gasteiger partial charge in [-0.05, 0) is 85.2 Å². The average Bonchev–Trinajstić information content (AvgIpc) is 3.19. The second kappa shape index (κ2) is 9.10. The Kier molecular flexibility index (Phi) is 6.25. The highest BCUT2D eigenvalue weighted by molar-refractivity contribution is 9.10. The molecule has 0 atom stereocenters. The van der Waals surface area contributed by atoms with E-state index < -0.39 is 0 Å². The molecule has 0 saturated heterocycles. The van der Waals surface area contributed by atoms with Crippen LogP contribution in [0.3, 0.4) is 0 Å². The van der Waals surface area contributed by atoms with E-state index in [4.69, 9.17) is 16.6 Å². The van der Waals surface area contributed by atoms with Gasteiger partial charge in [-0.25, -0.2) is 4.98 Å². The first-order valence-electron chi connectivity index (χ1n) is 9.95. The van der Waals surface area contributed by atoms with E-state index in [2.05, 4.69) is 38.5 Å². The van der Waals surface area contributed by atoms with Crippen molar-refractivity contribution < 1.29 is 14.3 Å². The molecule has 0 aliphatic heterocycles. The van der Waals surface area contributed by atoms with E-state index in [0.717, 1.165) is 22.0 Å². The zero-order valence-electron chi connectivity index (χ0n) is 17.4. The third-order valence-electron chi connectivity index (χ3n) is 4.98. The zero-order valence-corrected chi connectivity index (χ0v) is 19.8. The van der Waals surface area contributed by atoms with Gasteiger partial charge >= 0.3 is 0 Å². The molecule has 1 aromatic heterocycles. The van der Waals surface area contributed by atoms with E-state index in [9.17, 15) is 9.90 Å². The summed E-state index contributed by atoms with van der Waals surface area (Å²) in [5.41, 5.74) is 4.65. The molecule has 8 heteroatoms. The van der Waals surface area contributed by atoms with Gasteiger partial charge in [0.15, 0.2) is 10.7 Å². The van der Waals surface area contributed by atoms with Crippen molar-refractivity contribution in [2.75, 3.05) is 5.32 Å². The van der Waals surface area contributed by atoms with Crippen LogP contribution in [-0.4, -0.2) is 21.1 Å². The quantitative estimate of drug-likeness (QED) is 0.232. The number of aryl methyl sites for hydroxylation is 2. The largest absolute Gasteiger partial charge is 0.507 e. The number of hydrogen-bond acceptors (Lipinski definition) is 5. The van der Waals surface area contributed by atoms with Gasteiger partial charge in [0.2, 0.25) is 5.89 Å². The molecule has 3 N–H and O–H groups in total. The Morgan fingerprint density at radius 3 is 2.62 bits per heavy atom. The minimum atomic E-state index is -0.323. The predicted molar refractivity (Wildman–Crippen MR) is 133 cm³/mol. The molecule has 1 heterocycles. The Balaban J connectivity index is 1.57. The summed E-state index contributed by atoms with van der Waals surface area (Å²) in [5.74, 6) is 0.0568. The second-order valence-corrected chi connectivity index (χ2v) is 8.60. The van der Waals surface area contributed by atoms with Crippen LogP contribution < -0.4 is 10.6 Å². The number of thiocarbonyl (C=S) groups is 1. The molecule has 6 nitrogen and oxygen atoms in total. The molecule has 3 aromatic carbocycles. The lowest BCUT2D eigenvalue weighted by Crippen LogP contribution is -2.34. The summed E-state index contributed by atoms with van der Waals surface area (Å²) in [6.07, 6.45) is 0.894. The van der Waals surface area contributed by atoms with E-state index in [-0.39, 0.29) is 16.8 Å². The van der Waals surface area contributed by atoms with E-state index >= 15 is 0 Å². The Bertz CT molecular complexity index is 1330. The summed E-state index contributed by atoms with van der Waals surface area (Å²) in [6, 6.07) is 16.2.